The number of aromatic amines is 1. The van der Waals surface area contributed by atoms with Crippen molar-refractivity contribution in [2.45, 2.75) is 6.54 Å². The topological polar surface area (TPSA) is 72.5 Å². The molecular weight excluding hydrogens is 310 g/mol. The van der Waals surface area contributed by atoms with Crippen molar-refractivity contribution in [1.29, 1.82) is 0 Å². The standard InChI is InChI=1S/C17H14ClN5/c18-12-6-4-11(5-7-12)14-2-1-3-15-16(14)17(19)22-23(15)9-13-8-20-10-21-13/h1-8,10H,9H2,(H2,19,22)(H,20,21). The second-order valence-electron chi connectivity index (χ2n) is 5.31. The van der Waals surface area contributed by atoms with Gasteiger partial charge in [-0.05, 0) is 29.3 Å². The van der Waals surface area contributed by atoms with Crippen LogP contribution >= 0.6 is 11.6 Å². The number of hydrogen-bond acceptors (Lipinski definition) is 3. The van der Waals surface area contributed by atoms with Crippen LogP contribution in [0.5, 0.6) is 0 Å². The van der Waals surface area contributed by atoms with E-state index in [1.54, 1.807) is 6.33 Å². The highest BCUT2D eigenvalue weighted by Gasteiger charge is 2.14. The molecular formula is C17H14ClN5. The molecule has 23 heavy (non-hydrogen) atoms. The Balaban J connectivity index is 1.87. The van der Waals surface area contributed by atoms with Crippen molar-refractivity contribution in [1.82, 2.24) is 19.7 Å². The number of nitrogen functional groups attached to an aromatic ring is 1. The van der Waals surface area contributed by atoms with Crippen molar-refractivity contribution in [3.8, 4) is 11.1 Å². The summed E-state index contributed by atoms with van der Waals surface area (Å²) in [7, 11) is 0. The van der Waals surface area contributed by atoms with E-state index >= 15 is 0 Å². The third-order valence-corrected chi connectivity index (χ3v) is 4.08. The third kappa shape index (κ3) is 2.45. The molecule has 0 fully saturated rings. The summed E-state index contributed by atoms with van der Waals surface area (Å²) in [6.45, 7) is 0.571. The number of hydrogen-bond donors (Lipinski definition) is 2. The van der Waals surface area contributed by atoms with Crippen molar-refractivity contribution in [2.24, 2.45) is 0 Å². The molecule has 3 N–H and O–H groups in total. The van der Waals surface area contributed by atoms with Crippen LogP contribution in [0.15, 0.2) is 55.0 Å². The van der Waals surface area contributed by atoms with Gasteiger partial charge in [0.1, 0.15) is 0 Å². The molecule has 6 heteroatoms. The lowest BCUT2D eigenvalue weighted by Gasteiger charge is -2.05. The van der Waals surface area contributed by atoms with Crippen LogP contribution < -0.4 is 5.73 Å². The lowest BCUT2D eigenvalue weighted by molar-refractivity contribution is 0.703. The van der Waals surface area contributed by atoms with Gasteiger partial charge in [-0.2, -0.15) is 5.10 Å². The maximum absolute atomic E-state index is 6.19. The van der Waals surface area contributed by atoms with Crippen LogP contribution in [0.4, 0.5) is 5.82 Å². The van der Waals surface area contributed by atoms with Crippen LogP contribution in [0, 0.1) is 0 Å². The molecule has 114 valence electrons. The Labute approximate surface area is 137 Å². The number of H-pyrrole nitrogens is 1. The molecule has 0 saturated heterocycles. The molecule has 2 aromatic heterocycles. The molecule has 0 atom stereocenters. The van der Waals surface area contributed by atoms with Crippen molar-refractivity contribution in [3.05, 3.63) is 65.7 Å². The first-order valence-electron chi connectivity index (χ1n) is 7.21. The zero-order valence-electron chi connectivity index (χ0n) is 12.2. The van der Waals surface area contributed by atoms with E-state index in [-0.39, 0.29) is 0 Å². The highest BCUT2D eigenvalue weighted by molar-refractivity contribution is 6.30. The van der Waals surface area contributed by atoms with Crippen molar-refractivity contribution in [2.75, 3.05) is 5.73 Å². The number of benzene rings is 2. The lowest BCUT2D eigenvalue weighted by atomic mass is 10.0. The van der Waals surface area contributed by atoms with Crippen LogP contribution in [0.25, 0.3) is 22.0 Å². The Kier molecular flexibility index (Phi) is 3.28. The highest BCUT2D eigenvalue weighted by Crippen LogP contribution is 2.33. The van der Waals surface area contributed by atoms with Gasteiger partial charge in [-0.1, -0.05) is 35.9 Å². The molecule has 5 nitrogen and oxygen atoms in total. The Morgan fingerprint density at radius 1 is 1.13 bits per heavy atom. The number of anilines is 1. The van der Waals surface area contributed by atoms with Gasteiger partial charge in [-0.25, -0.2) is 4.98 Å². The molecule has 2 aromatic carbocycles. The maximum Gasteiger partial charge on any atom is 0.154 e. The number of nitrogens with zero attached hydrogens (tertiary/aromatic N) is 3. The predicted octanol–water partition coefficient (Wildman–Crippen LogP) is 3.71. The van der Waals surface area contributed by atoms with Crippen LogP contribution in [0.1, 0.15) is 5.69 Å². The van der Waals surface area contributed by atoms with E-state index < -0.39 is 0 Å². The molecule has 4 aromatic rings. The predicted molar refractivity (Wildman–Crippen MR) is 92.3 cm³/mol. The number of rotatable bonds is 3. The minimum absolute atomic E-state index is 0.515. The van der Waals surface area contributed by atoms with Gasteiger partial charge < -0.3 is 10.7 Å². The fourth-order valence-corrected chi connectivity index (χ4v) is 2.91. The zero-order valence-corrected chi connectivity index (χ0v) is 13.0. The normalized spacial score (nSPS) is 11.2. The summed E-state index contributed by atoms with van der Waals surface area (Å²) >= 11 is 5.98. The largest absolute Gasteiger partial charge is 0.382 e. The van der Waals surface area contributed by atoms with E-state index in [9.17, 15) is 0 Å². The van der Waals surface area contributed by atoms with Crippen LogP contribution in [0.2, 0.25) is 5.02 Å². The maximum atomic E-state index is 6.19. The molecule has 0 bridgehead atoms. The number of fused-ring (bicyclic) bond motifs is 1. The van der Waals surface area contributed by atoms with Crippen molar-refractivity contribution in [3.63, 3.8) is 0 Å². The minimum atomic E-state index is 0.515. The smallest absolute Gasteiger partial charge is 0.154 e. The molecule has 4 rings (SSSR count). The number of aromatic nitrogens is 4. The Bertz CT molecular complexity index is 955. The molecule has 0 radical (unpaired) electrons. The summed E-state index contributed by atoms with van der Waals surface area (Å²) in [6, 6.07) is 13.8. The Hall–Kier alpha value is -2.79. The van der Waals surface area contributed by atoms with Crippen molar-refractivity contribution >= 4 is 28.3 Å². The zero-order chi connectivity index (χ0) is 15.8. The monoisotopic (exact) mass is 323 g/mol. The van der Waals surface area contributed by atoms with Gasteiger partial charge in [0.2, 0.25) is 0 Å². The average molecular weight is 324 g/mol. The number of imidazole rings is 1. The first-order chi connectivity index (χ1) is 11.2. The van der Waals surface area contributed by atoms with Gasteiger partial charge in [0, 0.05) is 11.2 Å². The van der Waals surface area contributed by atoms with Crippen LogP contribution in [-0.2, 0) is 6.54 Å². The SMILES string of the molecule is Nc1nn(Cc2c[nH]cn2)c2cccc(-c3ccc(Cl)cc3)c12. The molecule has 0 aliphatic rings. The van der Waals surface area contributed by atoms with E-state index in [1.807, 2.05) is 53.3 Å². The van der Waals surface area contributed by atoms with Gasteiger partial charge in [-0.3, -0.25) is 4.68 Å². The summed E-state index contributed by atoms with van der Waals surface area (Å²) in [5, 5.41) is 6.14. The summed E-state index contributed by atoms with van der Waals surface area (Å²) in [5.41, 5.74) is 10.2. The Morgan fingerprint density at radius 2 is 1.96 bits per heavy atom. The molecule has 0 aliphatic carbocycles. The van der Waals surface area contributed by atoms with Crippen LogP contribution in [-0.4, -0.2) is 19.7 Å². The van der Waals surface area contributed by atoms with E-state index in [0.29, 0.717) is 17.4 Å². The second-order valence-corrected chi connectivity index (χ2v) is 5.75. The average Bonchev–Trinajstić information content (AvgIpc) is 3.17. The van der Waals surface area contributed by atoms with E-state index in [0.717, 1.165) is 27.7 Å². The number of nitrogens with one attached hydrogen (secondary N) is 1. The van der Waals surface area contributed by atoms with Gasteiger partial charge in [-0.15, -0.1) is 0 Å². The van der Waals surface area contributed by atoms with Gasteiger partial charge >= 0.3 is 0 Å². The molecule has 0 aliphatic heterocycles. The summed E-state index contributed by atoms with van der Waals surface area (Å²) in [6.07, 6.45) is 3.51. The highest BCUT2D eigenvalue weighted by atomic mass is 35.5. The van der Waals surface area contributed by atoms with E-state index in [4.69, 9.17) is 17.3 Å². The molecule has 0 amide bonds. The lowest BCUT2D eigenvalue weighted by Crippen LogP contribution is -2.02. The van der Waals surface area contributed by atoms with Crippen molar-refractivity contribution < 1.29 is 0 Å². The molecule has 2 heterocycles. The first-order valence-corrected chi connectivity index (χ1v) is 7.59. The second kappa shape index (κ2) is 5.44. The summed E-state index contributed by atoms with van der Waals surface area (Å²) in [5.74, 6) is 0.515. The van der Waals surface area contributed by atoms with Gasteiger partial charge in [0.05, 0.1) is 29.5 Å². The fourth-order valence-electron chi connectivity index (χ4n) is 2.78. The van der Waals surface area contributed by atoms with Gasteiger partial charge in [0.25, 0.3) is 0 Å². The minimum Gasteiger partial charge on any atom is -0.382 e. The molecule has 0 unspecified atom stereocenters. The number of halogens is 1. The van der Waals surface area contributed by atoms with E-state index in [1.165, 1.54) is 0 Å². The van der Waals surface area contributed by atoms with Gasteiger partial charge in [0.15, 0.2) is 5.82 Å². The Morgan fingerprint density at radius 3 is 2.70 bits per heavy atom. The number of nitrogens with two attached hydrogens (primary N) is 1. The molecule has 0 spiro atoms. The van der Waals surface area contributed by atoms with E-state index in [2.05, 4.69) is 15.1 Å². The first kappa shape index (κ1) is 13.8. The summed E-state index contributed by atoms with van der Waals surface area (Å²) in [4.78, 5) is 7.20. The third-order valence-electron chi connectivity index (χ3n) is 3.83. The van der Waals surface area contributed by atoms with Crippen LogP contribution in [0.3, 0.4) is 0 Å². The fraction of sp³-hybridized carbons (Fsp3) is 0.0588. The molecule has 0 saturated carbocycles. The summed E-state index contributed by atoms with van der Waals surface area (Å²) < 4.78 is 1.88. The quantitative estimate of drug-likeness (QED) is 0.603.